The average Bonchev–Trinajstić information content (AvgIpc) is 2.63. The number of aromatic nitrogens is 1. The van der Waals surface area contributed by atoms with Crippen LogP contribution >= 0.6 is 11.3 Å². The van der Waals surface area contributed by atoms with Crippen LogP contribution in [0.1, 0.15) is 18.2 Å². The lowest BCUT2D eigenvalue weighted by Crippen LogP contribution is -2.12. The van der Waals surface area contributed by atoms with Gasteiger partial charge < -0.3 is 4.57 Å². The average molecular weight is 286 g/mol. The Hall–Kier alpha value is -1.56. The number of nitrogens with one attached hydrogen (secondary N) is 1. The van der Waals surface area contributed by atoms with E-state index < -0.39 is 11.7 Å². The zero-order valence-electron chi connectivity index (χ0n) is 10.5. The van der Waals surface area contributed by atoms with Crippen LogP contribution in [-0.4, -0.2) is 4.57 Å². The van der Waals surface area contributed by atoms with Gasteiger partial charge in [0.15, 0.2) is 4.80 Å². The quantitative estimate of drug-likeness (QED) is 0.863. The third kappa shape index (κ3) is 2.58. The molecule has 0 unspecified atom stereocenters. The van der Waals surface area contributed by atoms with Crippen molar-refractivity contribution in [2.45, 2.75) is 26.6 Å². The van der Waals surface area contributed by atoms with Gasteiger partial charge >= 0.3 is 6.18 Å². The zero-order valence-corrected chi connectivity index (χ0v) is 11.3. The second-order valence-corrected chi connectivity index (χ2v) is 5.14. The molecule has 102 valence electrons. The number of hydrogen-bond donors (Lipinski definition) is 1. The van der Waals surface area contributed by atoms with Crippen LogP contribution in [0.5, 0.6) is 0 Å². The van der Waals surface area contributed by atoms with E-state index in [0.29, 0.717) is 16.9 Å². The van der Waals surface area contributed by atoms with Crippen LogP contribution in [-0.2, 0) is 12.7 Å². The van der Waals surface area contributed by atoms with Gasteiger partial charge in [0.25, 0.3) is 0 Å². The van der Waals surface area contributed by atoms with Gasteiger partial charge in [-0.1, -0.05) is 23.5 Å². The summed E-state index contributed by atoms with van der Waals surface area (Å²) in [7, 11) is 0. The normalized spacial score (nSPS) is 11.8. The molecule has 0 amide bonds. The summed E-state index contributed by atoms with van der Waals surface area (Å²) in [6.45, 7) is 4.38. The van der Waals surface area contributed by atoms with Gasteiger partial charge in [-0.05, 0) is 31.5 Å². The standard InChI is InChI=1S/C13H13F3N2S/c1-3-18-8(2)11(19-12(18)17)9-5-4-6-10(7-9)13(14,15)16/h4-7,17H,3H2,1-2H3. The van der Waals surface area contributed by atoms with Gasteiger partial charge in [-0.15, -0.1) is 0 Å². The smallest absolute Gasteiger partial charge is 0.321 e. The molecular weight excluding hydrogens is 273 g/mol. The van der Waals surface area contributed by atoms with Crippen LogP contribution in [0.25, 0.3) is 10.4 Å². The summed E-state index contributed by atoms with van der Waals surface area (Å²) in [5.41, 5.74) is 0.683. The molecule has 0 bridgehead atoms. The van der Waals surface area contributed by atoms with E-state index in [1.165, 1.54) is 17.4 Å². The van der Waals surface area contributed by atoms with Crippen molar-refractivity contribution in [3.63, 3.8) is 0 Å². The van der Waals surface area contributed by atoms with Crippen LogP contribution in [0.2, 0.25) is 0 Å². The summed E-state index contributed by atoms with van der Waals surface area (Å²) in [4.78, 5) is 1.07. The zero-order chi connectivity index (χ0) is 14.2. The number of benzene rings is 1. The van der Waals surface area contributed by atoms with Gasteiger partial charge in [-0.25, -0.2) is 0 Å². The molecule has 2 aromatic rings. The van der Waals surface area contributed by atoms with Gasteiger partial charge in [0.05, 0.1) is 10.4 Å². The summed E-state index contributed by atoms with van der Waals surface area (Å²) < 4.78 is 39.9. The molecule has 2 rings (SSSR count). The molecule has 1 N–H and O–H groups in total. The first-order chi connectivity index (χ1) is 8.84. The first-order valence-corrected chi connectivity index (χ1v) is 6.58. The van der Waals surface area contributed by atoms with Crippen molar-refractivity contribution in [3.8, 4) is 10.4 Å². The Labute approximate surface area is 112 Å². The van der Waals surface area contributed by atoms with E-state index in [1.807, 2.05) is 13.8 Å². The Morgan fingerprint density at radius 3 is 2.53 bits per heavy atom. The summed E-state index contributed by atoms with van der Waals surface area (Å²) in [6.07, 6.45) is -4.34. The molecule has 0 radical (unpaired) electrons. The van der Waals surface area contributed by atoms with Gasteiger partial charge in [0.2, 0.25) is 0 Å². The lowest BCUT2D eigenvalue weighted by Gasteiger charge is -2.08. The first-order valence-electron chi connectivity index (χ1n) is 5.77. The highest BCUT2D eigenvalue weighted by molar-refractivity contribution is 7.13. The van der Waals surface area contributed by atoms with Crippen LogP contribution < -0.4 is 4.80 Å². The minimum atomic E-state index is -4.34. The van der Waals surface area contributed by atoms with Gasteiger partial charge in [0.1, 0.15) is 0 Å². The Bertz CT molecular complexity index is 653. The summed E-state index contributed by atoms with van der Waals surface area (Å²) in [5, 5.41) is 7.82. The molecule has 0 saturated heterocycles. The molecule has 0 spiro atoms. The Kier molecular flexibility index (Phi) is 3.54. The van der Waals surface area contributed by atoms with Crippen molar-refractivity contribution >= 4 is 11.3 Å². The Morgan fingerprint density at radius 2 is 2.00 bits per heavy atom. The molecule has 1 heterocycles. The minimum absolute atomic E-state index is 0.354. The second-order valence-electron chi connectivity index (χ2n) is 4.14. The predicted molar refractivity (Wildman–Crippen MR) is 69.0 cm³/mol. The maximum atomic E-state index is 12.7. The topological polar surface area (TPSA) is 28.8 Å². The maximum Gasteiger partial charge on any atom is 0.416 e. The molecule has 1 aromatic carbocycles. The summed E-state index contributed by atoms with van der Waals surface area (Å²) in [5.74, 6) is 0. The molecule has 6 heteroatoms. The van der Waals surface area contributed by atoms with Gasteiger partial charge in [-0.2, -0.15) is 13.2 Å². The third-order valence-electron chi connectivity index (χ3n) is 2.95. The maximum absolute atomic E-state index is 12.7. The second kappa shape index (κ2) is 4.85. The summed E-state index contributed by atoms with van der Waals surface area (Å²) >= 11 is 1.20. The molecule has 0 aliphatic rings. The molecule has 2 nitrogen and oxygen atoms in total. The van der Waals surface area contributed by atoms with Crippen molar-refractivity contribution in [2.75, 3.05) is 0 Å². The number of alkyl halides is 3. The van der Waals surface area contributed by atoms with Gasteiger partial charge in [-0.3, -0.25) is 5.41 Å². The molecular formula is C13H13F3N2S. The highest BCUT2D eigenvalue weighted by Gasteiger charge is 2.30. The Balaban J connectivity index is 2.57. The highest BCUT2D eigenvalue weighted by Crippen LogP contribution is 2.33. The first kappa shape index (κ1) is 13.9. The highest BCUT2D eigenvalue weighted by atomic mass is 32.1. The number of hydrogen-bond acceptors (Lipinski definition) is 2. The lowest BCUT2D eigenvalue weighted by atomic mass is 10.1. The Morgan fingerprint density at radius 1 is 1.32 bits per heavy atom. The number of nitrogens with zero attached hydrogens (tertiary/aromatic N) is 1. The van der Waals surface area contributed by atoms with Crippen molar-refractivity contribution in [1.29, 1.82) is 5.41 Å². The SMILES string of the molecule is CCn1c(C)c(-c2cccc(C(F)(F)F)c2)sc1=N. The van der Waals surface area contributed by atoms with Crippen molar-refractivity contribution < 1.29 is 13.2 Å². The van der Waals surface area contributed by atoms with E-state index in [9.17, 15) is 13.2 Å². The van der Waals surface area contributed by atoms with Crippen LogP contribution in [0.4, 0.5) is 13.2 Å². The number of rotatable bonds is 2. The van der Waals surface area contributed by atoms with E-state index in [4.69, 9.17) is 5.41 Å². The summed E-state index contributed by atoms with van der Waals surface area (Å²) in [6, 6.07) is 5.24. The predicted octanol–water partition coefficient (Wildman–Crippen LogP) is 4.04. The van der Waals surface area contributed by atoms with E-state index in [2.05, 4.69) is 0 Å². The molecule has 0 atom stereocenters. The number of halogens is 3. The molecule has 0 saturated carbocycles. The van der Waals surface area contributed by atoms with Crippen LogP contribution in [0.3, 0.4) is 0 Å². The van der Waals surface area contributed by atoms with E-state index in [1.54, 1.807) is 10.6 Å². The van der Waals surface area contributed by atoms with E-state index in [0.717, 1.165) is 22.7 Å². The van der Waals surface area contributed by atoms with Gasteiger partial charge in [0, 0.05) is 12.2 Å². The van der Waals surface area contributed by atoms with E-state index in [-0.39, 0.29) is 0 Å². The number of thiazole rings is 1. The molecule has 0 aliphatic carbocycles. The molecule has 1 aromatic heterocycles. The van der Waals surface area contributed by atoms with Crippen molar-refractivity contribution in [3.05, 3.63) is 40.3 Å². The monoisotopic (exact) mass is 286 g/mol. The van der Waals surface area contributed by atoms with Crippen LogP contribution in [0, 0.1) is 12.3 Å². The van der Waals surface area contributed by atoms with E-state index >= 15 is 0 Å². The third-order valence-corrected chi connectivity index (χ3v) is 4.09. The fraction of sp³-hybridized carbons (Fsp3) is 0.308. The fourth-order valence-electron chi connectivity index (χ4n) is 1.99. The van der Waals surface area contributed by atoms with Crippen molar-refractivity contribution in [1.82, 2.24) is 4.57 Å². The lowest BCUT2D eigenvalue weighted by molar-refractivity contribution is -0.137. The van der Waals surface area contributed by atoms with Crippen LogP contribution in [0.15, 0.2) is 24.3 Å². The molecule has 0 fully saturated rings. The molecule has 0 aliphatic heterocycles. The minimum Gasteiger partial charge on any atom is -0.321 e. The molecule has 19 heavy (non-hydrogen) atoms. The fourth-order valence-corrected chi connectivity index (χ4v) is 3.06. The van der Waals surface area contributed by atoms with Crippen molar-refractivity contribution in [2.24, 2.45) is 0 Å². The largest absolute Gasteiger partial charge is 0.416 e.